The van der Waals surface area contributed by atoms with Gasteiger partial charge in [-0.05, 0) is 0 Å². The number of carbonyl (C=O) groups excluding carboxylic acids is 1. The summed E-state index contributed by atoms with van der Waals surface area (Å²) in [5.74, 6) is 0.580. The summed E-state index contributed by atoms with van der Waals surface area (Å²) < 4.78 is 0. The van der Waals surface area contributed by atoms with Gasteiger partial charge in [0.15, 0.2) is 0 Å². The quantitative estimate of drug-likeness (QED) is 0.369. The van der Waals surface area contributed by atoms with Crippen LogP contribution in [0.5, 0.6) is 0 Å². The van der Waals surface area contributed by atoms with Crippen LogP contribution in [0.2, 0.25) is 0 Å². The van der Waals surface area contributed by atoms with Gasteiger partial charge in [-0.15, -0.1) is 0 Å². The number of hydrazine groups is 1. The molecule has 5 heteroatoms. The highest BCUT2D eigenvalue weighted by Crippen LogP contribution is 2.10. The topological polar surface area (TPSA) is 65.8 Å². The summed E-state index contributed by atoms with van der Waals surface area (Å²) in [6.07, 6.45) is 0.560. The number of rotatable bonds is 6. The third-order valence-electron chi connectivity index (χ3n) is 3.03. The lowest BCUT2D eigenvalue weighted by Crippen LogP contribution is -2.38. The molecule has 1 amide bonds. The van der Waals surface area contributed by atoms with Gasteiger partial charge in [0.25, 0.3) is 0 Å². The van der Waals surface area contributed by atoms with Gasteiger partial charge in [0, 0.05) is 18.2 Å². The molecule has 0 unspecified atom stereocenters. The molecule has 0 saturated carbocycles. The van der Waals surface area contributed by atoms with Crippen molar-refractivity contribution in [2.45, 2.75) is 0 Å². The van der Waals surface area contributed by atoms with Crippen LogP contribution in [0.4, 0.5) is 0 Å². The molecule has 0 fully saturated rings. The van der Waals surface area contributed by atoms with E-state index in [1.807, 2.05) is 60.7 Å². The third kappa shape index (κ3) is 4.28. The molecule has 0 spiro atoms. The van der Waals surface area contributed by atoms with Crippen molar-refractivity contribution in [3.8, 4) is 0 Å². The fourth-order valence-corrected chi connectivity index (χ4v) is 1.97. The Morgan fingerprint density at radius 2 is 1.55 bits per heavy atom. The lowest BCUT2D eigenvalue weighted by molar-refractivity contribution is -0.110. The van der Waals surface area contributed by atoms with Crippen molar-refractivity contribution in [2.75, 3.05) is 13.6 Å². The summed E-state index contributed by atoms with van der Waals surface area (Å²) in [5.41, 5.74) is 8.03. The Labute approximate surface area is 129 Å². The molecule has 0 aliphatic carbocycles. The zero-order chi connectivity index (χ0) is 15.6. The van der Waals surface area contributed by atoms with E-state index < -0.39 is 0 Å². The SMILES string of the molecule is CN=C(CN=C(c1ccccc1)c1ccccc1)NNC=O. The Balaban J connectivity index is 2.29. The highest BCUT2D eigenvalue weighted by Gasteiger charge is 2.06. The summed E-state index contributed by atoms with van der Waals surface area (Å²) in [6.45, 7) is 0.344. The van der Waals surface area contributed by atoms with Crippen LogP contribution in [-0.4, -0.2) is 31.5 Å². The Kier molecular flexibility index (Phi) is 5.87. The number of hydrogen-bond acceptors (Lipinski definition) is 3. The Hall–Kier alpha value is -2.95. The second kappa shape index (κ2) is 8.36. The van der Waals surface area contributed by atoms with Crippen molar-refractivity contribution in [2.24, 2.45) is 9.98 Å². The van der Waals surface area contributed by atoms with Crippen molar-refractivity contribution in [1.29, 1.82) is 0 Å². The molecule has 0 radical (unpaired) electrons. The molecular weight excluding hydrogens is 276 g/mol. The monoisotopic (exact) mass is 294 g/mol. The van der Waals surface area contributed by atoms with Crippen LogP contribution in [0.15, 0.2) is 70.6 Å². The van der Waals surface area contributed by atoms with E-state index in [0.29, 0.717) is 18.8 Å². The molecule has 0 aromatic heterocycles. The molecule has 2 N–H and O–H groups in total. The van der Waals surface area contributed by atoms with Crippen LogP contribution < -0.4 is 10.9 Å². The molecule has 5 nitrogen and oxygen atoms in total. The third-order valence-corrected chi connectivity index (χ3v) is 3.03. The van der Waals surface area contributed by atoms with Gasteiger partial charge in [-0.25, -0.2) is 0 Å². The number of nitrogens with zero attached hydrogens (tertiary/aromatic N) is 2. The molecule has 2 aromatic rings. The fraction of sp³-hybridized carbons (Fsp3) is 0.118. The van der Waals surface area contributed by atoms with Crippen molar-refractivity contribution in [1.82, 2.24) is 10.9 Å². The van der Waals surface area contributed by atoms with E-state index in [0.717, 1.165) is 16.8 Å². The number of amides is 1. The molecule has 112 valence electrons. The number of hydrogen-bond donors (Lipinski definition) is 2. The number of aliphatic imine (C=N–C) groups is 2. The molecule has 2 aromatic carbocycles. The number of nitrogens with one attached hydrogen (secondary N) is 2. The first kappa shape index (κ1) is 15.4. The van der Waals surface area contributed by atoms with Gasteiger partial charge in [0.05, 0.1) is 12.3 Å². The van der Waals surface area contributed by atoms with Gasteiger partial charge in [-0.2, -0.15) is 0 Å². The maximum atomic E-state index is 10.3. The molecule has 0 bridgehead atoms. The predicted octanol–water partition coefficient (Wildman–Crippen LogP) is 1.80. The van der Waals surface area contributed by atoms with Gasteiger partial charge >= 0.3 is 0 Å². The standard InChI is InChI=1S/C17H18N4O/c1-18-16(21-20-13-22)12-19-17(14-8-4-2-5-9-14)15-10-6-3-7-11-15/h2-11,13H,12H2,1H3,(H,18,21)(H,20,22). The van der Waals surface area contributed by atoms with Gasteiger partial charge in [-0.3, -0.25) is 25.6 Å². The first-order valence-corrected chi connectivity index (χ1v) is 6.91. The number of amidine groups is 1. The highest BCUT2D eigenvalue weighted by atomic mass is 16.1. The van der Waals surface area contributed by atoms with Crippen LogP contribution in [0, 0.1) is 0 Å². The zero-order valence-corrected chi connectivity index (χ0v) is 12.4. The van der Waals surface area contributed by atoms with Crippen LogP contribution in [0.3, 0.4) is 0 Å². The fourth-order valence-electron chi connectivity index (χ4n) is 1.97. The van der Waals surface area contributed by atoms with Gasteiger partial charge < -0.3 is 0 Å². The van der Waals surface area contributed by atoms with Crippen LogP contribution >= 0.6 is 0 Å². The van der Waals surface area contributed by atoms with E-state index >= 15 is 0 Å². The van der Waals surface area contributed by atoms with Crippen molar-refractivity contribution >= 4 is 18.0 Å². The first-order valence-electron chi connectivity index (χ1n) is 6.91. The maximum absolute atomic E-state index is 10.3. The van der Waals surface area contributed by atoms with E-state index in [2.05, 4.69) is 20.8 Å². The van der Waals surface area contributed by atoms with Crippen LogP contribution in [-0.2, 0) is 4.79 Å². The van der Waals surface area contributed by atoms with E-state index in [1.165, 1.54) is 0 Å². The maximum Gasteiger partial charge on any atom is 0.225 e. The van der Waals surface area contributed by atoms with Gasteiger partial charge in [-0.1, -0.05) is 60.7 Å². The highest BCUT2D eigenvalue weighted by molar-refractivity contribution is 6.13. The van der Waals surface area contributed by atoms with E-state index in [4.69, 9.17) is 0 Å². The molecule has 2 rings (SSSR count). The lowest BCUT2D eigenvalue weighted by atomic mass is 10.0. The first-order chi connectivity index (χ1) is 10.8. The van der Waals surface area contributed by atoms with E-state index in [1.54, 1.807) is 7.05 Å². The molecule has 0 aliphatic heterocycles. The van der Waals surface area contributed by atoms with Crippen molar-refractivity contribution < 1.29 is 4.79 Å². The zero-order valence-electron chi connectivity index (χ0n) is 12.4. The minimum Gasteiger partial charge on any atom is -0.284 e. The Morgan fingerprint density at radius 1 is 1.00 bits per heavy atom. The lowest BCUT2D eigenvalue weighted by Gasteiger charge is -2.09. The van der Waals surface area contributed by atoms with Crippen LogP contribution in [0.25, 0.3) is 0 Å². The predicted molar refractivity (Wildman–Crippen MR) is 89.1 cm³/mol. The Bertz CT molecular complexity index is 609. The second-order valence-corrected chi connectivity index (χ2v) is 4.45. The van der Waals surface area contributed by atoms with Crippen LogP contribution in [0.1, 0.15) is 11.1 Å². The molecule has 22 heavy (non-hydrogen) atoms. The molecule has 0 saturated heterocycles. The minimum atomic E-state index is 0.344. The molecule has 0 aliphatic rings. The molecular formula is C17H18N4O. The smallest absolute Gasteiger partial charge is 0.225 e. The summed E-state index contributed by atoms with van der Waals surface area (Å²) in [5, 5.41) is 0. The average molecular weight is 294 g/mol. The van der Waals surface area contributed by atoms with Crippen molar-refractivity contribution in [3.05, 3.63) is 71.8 Å². The van der Waals surface area contributed by atoms with Gasteiger partial charge in [0.2, 0.25) is 6.41 Å². The summed E-state index contributed by atoms with van der Waals surface area (Å²) in [4.78, 5) is 19.1. The van der Waals surface area contributed by atoms with Gasteiger partial charge in [0.1, 0.15) is 5.84 Å². The summed E-state index contributed by atoms with van der Waals surface area (Å²) in [7, 11) is 1.65. The number of carbonyl (C=O) groups is 1. The second-order valence-electron chi connectivity index (χ2n) is 4.45. The minimum absolute atomic E-state index is 0.344. The summed E-state index contributed by atoms with van der Waals surface area (Å²) >= 11 is 0. The summed E-state index contributed by atoms with van der Waals surface area (Å²) in [6, 6.07) is 19.9. The largest absolute Gasteiger partial charge is 0.284 e. The normalized spacial score (nSPS) is 10.7. The van der Waals surface area contributed by atoms with E-state index in [9.17, 15) is 4.79 Å². The molecule has 0 heterocycles. The number of benzene rings is 2. The molecule has 0 atom stereocenters. The average Bonchev–Trinajstić information content (AvgIpc) is 2.59. The van der Waals surface area contributed by atoms with Crippen molar-refractivity contribution in [3.63, 3.8) is 0 Å². The Morgan fingerprint density at radius 3 is 2.00 bits per heavy atom. The van der Waals surface area contributed by atoms with E-state index in [-0.39, 0.29) is 0 Å².